The second-order valence-electron chi connectivity index (χ2n) is 6.22. The molecular weight excluding hydrogens is 280 g/mol. The Labute approximate surface area is 131 Å². The molecular formula is C16H26N4S. The summed E-state index contributed by atoms with van der Waals surface area (Å²) in [6.45, 7) is 10.2. The molecule has 3 unspecified atom stereocenters. The van der Waals surface area contributed by atoms with Crippen molar-refractivity contribution < 1.29 is 0 Å². The van der Waals surface area contributed by atoms with Gasteiger partial charge in [-0.25, -0.2) is 4.98 Å². The topological polar surface area (TPSA) is 32.6 Å². The highest BCUT2D eigenvalue weighted by Gasteiger charge is 2.30. The molecule has 3 rings (SSSR count). The molecule has 0 spiro atoms. The molecule has 0 bridgehead atoms. The molecule has 1 N–H and O–H groups in total. The smallest absolute Gasteiger partial charge is 0.193 e. The first kappa shape index (κ1) is 15.0. The van der Waals surface area contributed by atoms with Crippen LogP contribution in [0.5, 0.6) is 0 Å². The van der Waals surface area contributed by atoms with E-state index in [1.165, 1.54) is 18.5 Å². The van der Waals surface area contributed by atoms with Crippen molar-refractivity contribution in [1.29, 1.82) is 0 Å². The third-order valence-electron chi connectivity index (χ3n) is 4.84. The fraction of sp³-hybridized carbons (Fsp3) is 0.688. The quantitative estimate of drug-likeness (QED) is 0.922. The first-order chi connectivity index (χ1) is 10.2. The maximum Gasteiger partial charge on any atom is 0.193 e. The van der Waals surface area contributed by atoms with E-state index in [0.717, 1.165) is 30.5 Å². The predicted octanol–water partition coefficient (Wildman–Crippen LogP) is 2.99. The van der Waals surface area contributed by atoms with E-state index in [4.69, 9.17) is 4.98 Å². The second-order valence-corrected chi connectivity index (χ2v) is 7.09. The van der Waals surface area contributed by atoms with E-state index in [1.807, 2.05) is 0 Å². The minimum absolute atomic E-state index is 0.619. The maximum absolute atomic E-state index is 4.76. The summed E-state index contributed by atoms with van der Waals surface area (Å²) < 4.78 is 2.14. The van der Waals surface area contributed by atoms with Crippen molar-refractivity contribution >= 4 is 16.3 Å². The van der Waals surface area contributed by atoms with E-state index >= 15 is 0 Å². The van der Waals surface area contributed by atoms with Crippen LogP contribution in [0, 0.1) is 5.92 Å². The van der Waals surface area contributed by atoms with E-state index in [1.54, 1.807) is 11.3 Å². The van der Waals surface area contributed by atoms with Gasteiger partial charge in [-0.05, 0) is 12.3 Å². The Hall–Kier alpha value is -0.910. The molecule has 116 valence electrons. The number of nitrogens with zero attached hydrogens (tertiary/aromatic N) is 3. The number of imidazole rings is 1. The van der Waals surface area contributed by atoms with Crippen molar-refractivity contribution in [3.63, 3.8) is 0 Å². The number of thiazole rings is 1. The monoisotopic (exact) mass is 306 g/mol. The van der Waals surface area contributed by atoms with Crippen molar-refractivity contribution in [2.75, 3.05) is 13.1 Å². The van der Waals surface area contributed by atoms with Crippen LogP contribution in [0.1, 0.15) is 39.3 Å². The van der Waals surface area contributed by atoms with Gasteiger partial charge in [-0.3, -0.25) is 9.30 Å². The highest BCUT2D eigenvalue weighted by atomic mass is 32.1. The molecule has 1 fully saturated rings. The minimum Gasteiger partial charge on any atom is -0.311 e. The molecule has 2 aromatic rings. The Balaban J connectivity index is 1.76. The standard InChI is InChI=1S/C16H26N4S/c1-4-12(3)15-8-17-13(5-2)9-20(15)11-14-10-19-6-7-21-16(19)18-14/h6-7,10,12-13,15,17H,4-5,8-9,11H2,1-3H3. The molecule has 3 atom stereocenters. The van der Waals surface area contributed by atoms with E-state index in [0.29, 0.717) is 12.1 Å². The molecule has 1 aliphatic rings. The molecule has 0 saturated carbocycles. The Morgan fingerprint density at radius 3 is 3.05 bits per heavy atom. The lowest BCUT2D eigenvalue weighted by molar-refractivity contribution is 0.0822. The second kappa shape index (κ2) is 6.46. The Kier molecular flexibility index (Phi) is 4.62. The highest BCUT2D eigenvalue weighted by Crippen LogP contribution is 2.22. The lowest BCUT2D eigenvalue weighted by atomic mass is 9.94. The van der Waals surface area contributed by atoms with Gasteiger partial charge in [0.15, 0.2) is 4.96 Å². The molecule has 3 heterocycles. The molecule has 1 saturated heterocycles. The fourth-order valence-corrected chi connectivity index (χ4v) is 3.97. The van der Waals surface area contributed by atoms with Crippen LogP contribution in [0.15, 0.2) is 17.8 Å². The summed E-state index contributed by atoms with van der Waals surface area (Å²) in [7, 11) is 0. The SMILES string of the molecule is CCC1CN(Cc2cn3ccsc3n2)C(C(C)CC)CN1. The highest BCUT2D eigenvalue weighted by molar-refractivity contribution is 7.15. The minimum atomic E-state index is 0.619. The van der Waals surface area contributed by atoms with Gasteiger partial charge in [-0.2, -0.15) is 0 Å². The molecule has 1 aliphatic heterocycles. The van der Waals surface area contributed by atoms with Crippen LogP contribution in [-0.4, -0.2) is 39.5 Å². The number of hydrogen-bond donors (Lipinski definition) is 1. The van der Waals surface area contributed by atoms with Crippen molar-refractivity contribution in [3.8, 4) is 0 Å². The average molecular weight is 306 g/mol. The number of aromatic nitrogens is 2. The molecule has 4 nitrogen and oxygen atoms in total. The molecule has 0 aliphatic carbocycles. The first-order valence-electron chi connectivity index (χ1n) is 8.09. The summed E-state index contributed by atoms with van der Waals surface area (Å²) in [5.74, 6) is 0.721. The lowest BCUT2D eigenvalue weighted by Crippen LogP contribution is -2.57. The first-order valence-corrected chi connectivity index (χ1v) is 8.97. The van der Waals surface area contributed by atoms with Gasteiger partial charge in [0.25, 0.3) is 0 Å². The van der Waals surface area contributed by atoms with Crippen LogP contribution in [0.3, 0.4) is 0 Å². The van der Waals surface area contributed by atoms with Crippen LogP contribution in [0.25, 0.3) is 4.96 Å². The summed E-state index contributed by atoms with van der Waals surface area (Å²) in [4.78, 5) is 8.50. The molecule has 5 heteroatoms. The molecule has 0 amide bonds. The molecule has 0 aromatic carbocycles. The van der Waals surface area contributed by atoms with Gasteiger partial charge in [0.05, 0.1) is 5.69 Å². The van der Waals surface area contributed by atoms with Crippen LogP contribution in [0.2, 0.25) is 0 Å². The third kappa shape index (κ3) is 3.15. The summed E-state index contributed by atoms with van der Waals surface area (Å²) in [6, 6.07) is 1.24. The maximum atomic E-state index is 4.76. The number of hydrogen-bond acceptors (Lipinski definition) is 4. The summed E-state index contributed by atoms with van der Waals surface area (Å²) in [6.07, 6.45) is 6.71. The Morgan fingerprint density at radius 2 is 2.33 bits per heavy atom. The number of piperazine rings is 1. The summed E-state index contributed by atoms with van der Waals surface area (Å²) in [5, 5.41) is 5.80. The van der Waals surface area contributed by atoms with Gasteiger partial charge < -0.3 is 5.32 Å². The zero-order valence-corrected chi connectivity index (χ0v) is 14.1. The van der Waals surface area contributed by atoms with Crippen LogP contribution >= 0.6 is 11.3 Å². The summed E-state index contributed by atoms with van der Waals surface area (Å²) >= 11 is 1.71. The van der Waals surface area contributed by atoms with E-state index in [-0.39, 0.29) is 0 Å². The molecule has 2 aromatic heterocycles. The normalized spacial score (nSPS) is 25.5. The van der Waals surface area contributed by atoms with Crippen LogP contribution in [0.4, 0.5) is 0 Å². The number of nitrogens with one attached hydrogen (secondary N) is 1. The van der Waals surface area contributed by atoms with Gasteiger partial charge in [-0.15, -0.1) is 11.3 Å². The van der Waals surface area contributed by atoms with Gasteiger partial charge in [0.1, 0.15) is 0 Å². The summed E-state index contributed by atoms with van der Waals surface area (Å²) in [5.41, 5.74) is 1.20. The van der Waals surface area contributed by atoms with E-state index < -0.39 is 0 Å². The van der Waals surface area contributed by atoms with Crippen molar-refractivity contribution in [1.82, 2.24) is 19.6 Å². The van der Waals surface area contributed by atoms with Crippen LogP contribution in [-0.2, 0) is 6.54 Å². The van der Waals surface area contributed by atoms with Crippen molar-refractivity contribution in [3.05, 3.63) is 23.5 Å². The Morgan fingerprint density at radius 1 is 1.48 bits per heavy atom. The molecule has 21 heavy (non-hydrogen) atoms. The van der Waals surface area contributed by atoms with Crippen molar-refractivity contribution in [2.24, 2.45) is 5.92 Å². The van der Waals surface area contributed by atoms with Crippen molar-refractivity contribution in [2.45, 2.75) is 52.2 Å². The average Bonchev–Trinajstić information content (AvgIpc) is 3.07. The number of fused-ring (bicyclic) bond motifs is 1. The van der Waals surface area contributed by atoms with Gasteiger partial charge in [-0.1, -0.05) is 27.2 Å². The molecule has 0 radical (unpaired) electrons. The fourth-order valence-electron chi connectivity index (χ4n) is 3.25. The zero-order valence-electron chi connectivity index (χ0n) is 13.2. The van der Waals surface area contributed by atoms with E-state index in [9.17, 15) is 0 Å². The Bertz CT molecular complexity index is 547. The lowest BCUT2D eigenvalue weighted by Gasteiger charge is -2.42. The van der Waals surface area contributed by atoms with Gasteiger partial charge in [0, 0.05) is 49.5 Å². The van der Waals surface area contributed by atoms with E-state index in [2.05, 4.69) is 53.2 Å². The van der Waals surface area contributed by atoms with Gasteiger partial charge in [0.2, 0.25) is 0 Å². The third-order valence-corrected chi connectivity index (χ3v) is 5.61. The zero-order chi connectivity index (χ0) is 14.8. The predicted molar refractivity (Wildman–Crippen MR) is 88.8 cm³/mol. The number of rotatable bonds is 5. The van der Waals surface area contributed by atoms with Crippen LogP contribution < -0.4 is 5.32 Å². The largest absolute Gasteiger partial charge is 0.311 e. The van der Waals surface area contributed by atoms with Gasteiger partial charge >= 0.3 is 0 Å².